The normalized spacial score (nSPS) is 11.9. The molecule has 0 N–H and O–H groups in total. The summed E-state index contributed by atoms with van der Waals surface area (Å²) < 4.78 is 69.5. The first kappa shape index (κ1) is 22.0. The Kier molecular flexibility index (Phi) is 6.88. The number of sulfonamides is 1. The van der Waals surface area contributed by atoms with E-state index in [1.807, 2.05) is 0 Å². The Hall–Kier alpha value is -2.34. The van der Waals surface area contributed by atoms with Crippen molar-refractivity contribution in [1.82, 2.24) is 9.97 Å². The number of carbonyl (C=O) groups excluding carboxylic acids is 1. The van der Waals surface area contributed by atoms with E-state index >= 15 is 0 Å². The molecule has 0 bridgehead atoms. The van der Waals surface area contributed by atoms with Crippen LogP contribution in [-0.2, 0) is 20.5 Å². The molecule has 0 unspecified atom stereocenters. The molecule has 0 spiro atoms. The van der Waals surface area contributed by atoms with E-state index in [9.17, 15) is 26.4 Å². The second kappa shape index (κ2) is 8.78. The molecule has 0 amide bonds. The molecule has 28 heavy (non-hydrogen) atoms. The minimum atomic E-state index is -4.56. The number of alkyl halides is 3. The SMILES string of the molecule is CCN(c1nccnc1C(=O)OC)S(=O)(=O)Cc1ccccc1SC(F)(F)F. The van der Waals surface area contributed by atoms with Crippen LogP contribution < -0.4 is 4.31 Å². The Morgan fingerprint density at radius 1 is 1.21 bits per heavy atom. The highest BCUT2D eigenvalue weighted by molar-refractivity contribution is 8.00. The Morgan fingerprint density at radius 3 is 2.46 bits per heavy atom. The van der Waals surface area contributed by atoms with E-state index in [4.69, 9.17) is 0 Å². The van der Waals surface area contributed by atoms with Gasteiger partial charge in [-0.3, -0.25) is 4.31 Å². The molecule has 7 nitrogen and oxygen atoms in total. The number of rotatable bonds is 7. The average Bonchev–Trinajstić information content (AvgIpc) is 2.62. The third-order valence-corrected chi connectivity index (χ3v) is 6.08. The van der Waals surface area contributed by atoms with Crippen LogP contribution in [-0.4, -0.2) is 43.5 Å². The van der Waals surface area contributed by atoms with Gasteiger partial charge in [-0.1, -0.05) is 18.2 Å². The molecule has 2 rings (SSSR count). The molecule has 0 aliphatic carbocycles. The number of thioether (sulfide) groups is 1. The van der Waals surface area contributed by atoms with Crippen molar-refractivity contribution in [2.24, 2.45) is 0 Å². The number of aromatic nitrogens is 2. The van der Waals surface area contributed by atoms with Crippen molar-refractivity contribution in [1.29, 1.82) is 0 Å². The van der Waals surface area contributed by atoms with E-state index in [1.54, 1.807) is 0 Å². The van der Waals surface area contributed by atoms with Crippen LogP contribution in [0.1, 0.15) is 23.0 Å². The van der Waals surface area contributed by atoms with Gasteiger partial charge in [0.05, 0.1) is 12.9 Å². The summed E-state index contributed by atoms with van der Waals surface area (Å²) in [4.78, 5) is 19.4. The first-order valence-electron chi connectivity index (χ1n) is 7.82. The molecule has 12 heteroatoms. The van der Waals surface area contributed by atoms with Gasteiger partial charge in [0.2, 0.25) is 10.0 Å². The van der Waals surface area contributed by atoms with Crippen LogP contribution in [0, 0.1) is 0 Å². The van der Waals surface area contributed by atoms with Crippen molar-refractivity contribution in [3.05, 3.63) is 47.9 Å². The number of hydrogen-bond acceptors (Lipinski definition) is 7. The number of benzene rings is 1. The van der Waals surface area contributed by atoms with Crippen molar-refractivity contribution < 1.29 is 31.1 Å². The Bertz CT molecular complexity index is 952. The number of esters is 1. The zero-order valence-electron chi connectivity index (χ0n) is 14.8. The fourth-order valence-electron chi connectivity index (χ4n) is 2.35. The fraction of sp³-hybridized carbons (Fsp3) is 0.312. The Labute approximate surface area is 164 Å². The van der Waals surface area contributed by atoms with Crippen LogP contribution in [0.25, 0.3) is 0 Å². The number of anilines is 1. The van der Waals surface area contributed by atoms with Gasteiger partial charge in [-0.25, -0.2) is 23.2 Å². The maximum atomic E-state index is 12.9. The number of nitrogens with zero attached hydrogens (tertiary/aromatic N) is 3. The van der Waals surface area contributed by atoms with Crippen molar-refractivity contribution in [2.45, 2.75) is 23.1 Å². The van der Waals surface area contributed by atoms with E-state index in [2.05, 4.69) is 14.7 Å². The van der Waals surface area contributed by atoms with Gasteiger partial charge in [0.15, 0.2) is 11.5 Å². The number of halogens is 3. The molecule has 1 heterocycles. The Balaban J connectivity index is 2.44. The van der Waals surface area contributed by atoms with Crippen LogP contribution in [0.2, 0.25) is 0 Å². The lowest BCUT2D eigenvalue weighted by Gasteiger charge is -2.23. The molecule has 0 aliphatic rings. The quantitative estimate of drug-likeness (QED) is 0.487. The highest BCUT2D eigenvalue weighted by atomic mass is 32.2. The largest absolute Gasteiger partial charge is 0.464 e. The molecule has 0 aliphatic heterocycles. The summed E-state index contributed by atoms with van der Waals surface area (Å²) in [5, 5.41) is 0. The molecule has 0 saturated carbocycles. The minimum Gasteiger partial charge on any atom is -0.464 e. The first-order chi connectivity index (χ1) is 13.1. The predicted molar refractivity (Wildman–Crippen MR) is 97.4 cm³/mol. The topological polar surface area (TPSA) is 89.5 Å². The summed E-state index contributed by atoms with van der Waals surface area (Å²) >= 11 is -0.390. The van der Waals surface area contributed by atoms with Gasteiger partial charge in [-0.15, -0.1) is 0 Å². The second-order valence-electron chi connectivity index (χ2n) is 5.30. The molecule has 0 atom stereocenters. The molecule has 1 aromatic carbocycles. The summed E-state index contributed by atoms with van der Waals surface area (Å²) in [6, 6.07) is 5.34. The van der Waals surface area contributed by atoms with E-state index in [1.165, 1.54) is 43.6 Å². The first-order valence-corrected chi connectivity index (χ1v) is 10.2. The van der Waals surface area contributed by atoms with Crippen molar-refractivity contribution in [2.75, 3.05) is 18.0 Å². The van der Waals surface area contributed by atoms with Crippen molar-refractivity contribution in [3.63, 3.8) is 0 Å². The molecule has 152 valence electrons. The van der Waals surface area contributed by atoms with E-state index in [0.29, 0.717) is 0 Å². The predicted octanol–water partition coefficient (Wildman–Crippen LogP) is 3.23. The highest BCUT2D eigenvalue weighted by Gasteiger charge is 2.33. The molecular weight excluding hydrogens is 419 g/mol. The van der Waals surface area contributed by atoms with Crippen LogP contribution in [0.5, 0.6) is 0 Å². The number of ether oxygens (including phenoxy) is 1. The number of carbonyl (C=O) groups is 1. The summed E-state index contributed by atoms with van der Waals surface area (Å²) in [7, 11) is -3.07. The monoisotopic (exact) mass is 435 g/mol. The average molecular weight is 435 g/mol. The van der Waals surface area contributed by atoms with Crippen LogP contribution in [0.3, 0.4) is 0 Å². The lowest BCUT2D eigenvalue weighted by atomic mass is 10.2. The molecule has 0 saturated heterocycles. The fourth-order valence-corrected chi connectivity index (χ4v) is 4.70. The zero-order valence-corrected chi connectivity index (χ0v) is 16.4. The van der Waals surface area contributed by atoms with Crippen LogP contribution >= 0.6 is 11.8 Å². The summed E-state index contributed by atoms with van der Waals surface area (Å²) in [5.41, 5.74) is -4.90. The summed E-state index contributed by atoms with van der Waals surface area (Å²) in [5.74, 6) is -1.85. The maximum Gasteiger partial charge on any atom is 0.446 e. The Morgan fingerprint density at radius 2 is 1.86 bits per heavy atom. The smallest absolute Gasteiger partial charge is 0.446 e. The van der Waals surface area contributed by atoms with Crippen molar-refractivity contribution in [3.8, 4) is 0 Å². The van der Waals surface area contributed by atoms with Crippen LogP contribution in [0.15, 0.2) is 41.6 Å². The summed E-state index contributed by atoms with van der Waals surface area (Å²) in [6.07, 6.45) is 2.40. The van der Waals surface area contributed by atoms with Gasteiger partial charge in [-0.05, 0) is 30.3 Å². The van der Waals surface area contributed by atoms with E-state index < -0.39 is 39.0 Å². The molecular formula is C16H16F3N3O4S2. The number of hydrogen-bond donors (Lipinski definition) is 0. The van der Waals surface area contributed by atoms with Gasteiger partial charge in [-0.2, -0.15) is 13.2 Å². The van der Waals surface area contributed by atoms with Crippen molar-refractivity contribution >= 4 is 33.6 Å². The lowest BCUT2D eigenvalue weighted by molar-refractivity contribution is -0.0328. The van der Waals surface area contributed by atoms with Gasteiger partial charge >= 0.3 is 11.5 Å². The zero-order chi connectivity index (χ0) is 20.9. The number of methoxy groups -OCH3 is 1. The highest BCUT2D eigenvalue weighted by Crippen LogP contribution is 2.39. The van der Waals surface area contributed by atoms with E-state index in [0.717, 1.165) is 11.4 Å². The minimum absolute atomic E-state index is 0.0215. The third-order valence-electron chi connectivity index (χ3n) is 3.45. The molecule has 0 fully saturated rings. The standard InChI is InChI=1S/C16H16F3N3O4S2/c1-3-22(14-13(15(23)26-2)20-8-9-21-14)28(24,25)10-11-6-4-5-7-12(11)27-16(17,18)19/h4-9H,3,10H2,1-2H3. The second-order valence-corrected chi connectivity index (χ2v) is 8.30. The lowest BCUT2D eigenvalue weighted by Crippen LogP contribution is -2.34. The molecule has 0 radical (unpaired) electrons. The van der Waals surface area contributed by atoms with Crippen LogP contribution in [0.4, 0.5) is 19.0 Å². The molecule has 1 aromatic heterocycles. The molecule has 2 aromatic rings. The van der Waals surface area contributed by atoms with Gasteiger partial charge < -0.3 is 4.74 Å². The summed E-state index contributed by atoms with van der Waals surface area (Å²) in [6.45, 7) is 1.39. The third kappa shape index (κ3) is 5.35. The van der Waals surface area contributed by atoms with Gasteiger partial charge in [0.25, 0.3) is 0 Å². The van der Waals surface area contributed by atoms with Gasteiger partial charge in [0.1, 0.15) is 0 Å². The van der Waals surface area contributed by atoms with Gasteiger partial charge in [0, 0.05) is 23.8 Å². The van der Waals surface area contributed by atoms with E-state index in [-0.39, 0.29) is 28.5 Å². The maximum absolute atomic E-state index is 12.9.